The average molecular weight is 244 g/mol. The van der Waals surface area contributed by atoms with Gasteiger partial charge in [0.15, 0.2) is 0 Å². The Balaban J connectivity index is 1.77. The Hall–Kier alpha value is -0.860. The van der Waals surface area contributed by atoms with E-state index in [1.807, 2.05) is 0 Å². The van der Waals surface area contributed by atoms with Crippen molar-refractivity contribution in [1.82, 2.24) is 10.2 Å². The summed E-state index contributed by atoms with van der Waals surface area (Å²) in [4.78, 5) is 2.64. The maximum Gasteiger partial charge on any atom is 0.0350 e. The van der Waals surface area contributed by atoms with E-state index in [1.165, 1.54) is 51.7 Å². The largest absolute Gasteiger partial charge is 0.313 e. The zero-order chi connectivity index (χ0) is 12.4. The summed E-state index contributed by atoms with van der Waals surface area (Å²) in [7, 11) is 2.14. The summed E-state index contributed by atoms with van der Waals surface area (Å²) < 4.78 is 0. The van der Waals surface area contributed by atoms with Gasteiger partial charge in [-0.2, -0.15) is 0 Å². The van der Waals surface area contributed by atoms with Crippen molar-refractivity contribution in [3.63, 3.8) is 0 Å². The summed E-state index contributed by atoms with van der Waals surface area (Å²) >= 11 is 0. The molecule has 1 saturated heterocycles. The lowest BCUT2D eigenvalue weighted by Gasteiger charge is -2.41. The van der Waals surface area contributed by atoms with Gasteiger partial charge in [0.05, 0.1) is 0 Å². The lowest BCUT2D eigenvalue weighted by Crippen LogP contribution is -2.55. The van der Waals surface area contributed by atoms with Crippen molar-refractivity contribution in [2.75, 3.05) is 26.7 Å². The monoisotopic (exact) mass is 244 g/mol. The summed E-state index contributed by atoms with van der Waals surface area (Å²) in [5.74, 6) is 0. The van der Waals surface area contributed by atoms with Crippen molar-refractivity contribution >= 4 is 0 Å². The van der Waals surface area contributed by atoms with Gasteiger partial charge in [-0.05, 0) is 63.4 Å². The Labute approximate surface area is 110 Å². The highest BCUT2D eigenvalue weighted by Gasteiger charge is 2.34. The van der Waals surface area contributed by atoms with Crippen LogP contribution in [0.2, 0.25) is 0 Å². The molecule has 1 atom stereocenters. The Kier molecular flexibility index (Phi) is 3.40. The van der Waals surface area contributed by atoms with Gasteiger partial charge < -0.3 is 10.2 Å². The van der Waals surface area contributed by atoms with Crippen molar-refractivity contribution in [2.24, 2.45) is 0 Å². The smallest absolute Gasteiger partial charge is 0.0350 e. The number of rotatable bonds is 3. The van der Waals surface area contributed by atoms with Gasteiger partial charge in [0.2, 0.25) is 0 Å². The first-order valence-electron chi connectivity index (χ1n) is 7.29. The Morgan fingerprint density at radius 1 is 1.17 bits per heavy atom. The van der Waals surface area contributed by atoms with Gasteiger partial charge in [-0.25, -0.2) is 0 Å². The summed E-state index contributed by atoms with van der Waals surface area (Å²) in [6.45, 7) is 3.81. The SMILES string of the molecule is CN[C@]1(CN2CCCC2)CCc2ccccc2C1. The van der Waals surface area contributed by atoms with Crippen LogP contribution in [-0.2, 0) is 12.8 Å². The summed E-state index contributed by atoms with van der Waals surface area (Å²) in [5, 5.41) is 3.64. The van der Waals surface area contributed by atoms with E-state index in [0.717, 1.165) is 0 Å². The molecule has 18 heavy (non-hydrogen) atoms. The number of nitrogens with zero attached hydrogens (tertiary/aromatic N) is 1. The van der Waals surface area contributed by atoms with Gasteiger partial charge in [-0.15, -0.1) is 0 Å². The third-order valence-corrected chi connectivity index (χ3v) is 4.78. The predicted molar refractivity (Wildman–Crippen MR) is 75.9 cm³/mol. The molecule has 2 nitrogen and oxygen atoms in total. The van der Waals surface area contributed by atoms with Crippen LogP contribution < -0.4 is 5.32 Å². The molecule has 1 aliphatic carbocycles. The lowest BCUT2D eigenvalue weighted by molar-refractivity contribution is 0.196. The van der Waals surface area contributed by atoms with Crippen LogP contribution in [0.5, 0.6) is 0 Å². The van der Waals surface area contributed by atoms with Crippen molar-refractivity contribution in [2.45, 2.75) is 37.6 Å². The summed E-state index contributed by atoms with van der Waals surface area (Å²) in [6.07, 6.45) is 6.46. The van der Waals surface area contributed by atoms with E-state index < -0.39 is 0 Å². The van der Waals surface area contributed by atoms with Crippen LogP contribution in [0.3, 0.4) is 0 Å². The van der Waals surface area contributed by atoms with Crippen LogP contribution in [0.4, 0.5) is 0 Å². The molecule has 98 valence electrons. The topological polar surface area (TPSA) is 15.3 Å². The molecule has 1 heterocycles. The first-order valence-corrected chi connectivity index (χ1v) is 7.29. The number of likely N-dealkylation sites (N-methyl/N-ethyl adjacent to an activating group) is 1. The Morgan fingerprint density at radius 3 is 2.61 bits per heavy atom. The fourth-order valence-electron chi connectivity index (χ4n) is 3.60. The summed E-state index contributed by atoms with van der Waals surface area (Å²) in [6, 6.07) is 8.96. The first kappa shape index (κ1) is 12.2. The van der Waals surface area contributed by atoms with E-state index in [0.29, 0.717) is 5.54 Å². The zero-order valence-corrected chi connectivity index (χ0v) is 11.4. The Bertz CT molecular complexity index is 409. The van der Waals surface area contributed by atoms with E-state index >= 15 is 0 Å². The van der Waals surface area contributed by atoms with Crippen molar-refractivity contribution in [1.29, 1.82) is 0 Å². The molecule has 0 unspecified atom stereocenters. The molecule has 0 amide bonds. The lowest BCUT2D eigenvalue weighted by atomic mass is 9.77. The molecule has 1 aromatic carbocycles. The van der Waals surface area contributed by atoms with Crippen LogP contribution in [0.25, 0.3) is 0 Å². The second-order valence-electron chi connectivity index (χ2n) is 5.96. The number of hydrogen-bond acceptors (Lipinski definition) is 2. The van der Waals surface area contributed by atoms with Crippen LogP contribution >= 0.6 is 0 Å². The van der Waals surface area contributed by atoms with Crippen LogP contribution in [0, 0.1) is 0 Å². The molecular formula is C16H24N2. The number of nitrogens with one attached hydrogen (secondary N) is 1. The minimum atomic E-state index is 0.304. The highest BCUT2D eigenvalue weighted by molar-refractivity contribution is 5.32. The number of hydrogen-bond donors (Lipinski definition) is 1. The molecule has 0 radical (unpaired) electrons. The summed E-state index contributed by atoms with van der Waals surface area (Å²) in [5.41, 5.74) is 3.42. The van der Waals surface area contributed by atoms with Gasteiger partial charge in [0.25, 0.3) is 0 Å². The van der Waals surface area contributed by atoms with Gasteiger partial charge in [0.1, 0.15) is 0 Å². The molecule has 1 N–H and O–H groups in total. The van der Waals surface area contributed by atoms with Crippen LogP contribution in [-0.4, -0.2) is 37.1 Å². The molecule has 0 bridgehead atoms. The minimum absolute atomic E-state index is 0.304. The molecule has 0 aromatic heterocycles. The normalized spacial score (nSPS) is 28.3. The van der Waals surface area contributed by atoms with Gasteiger partial charge in [-0.3, -0.25) is 0 Å². The maximum absolute atomic E-state index is 3.64. The number of aryl methyl sites for hydroxylation is 1. The highest BCUT2D eigenvalue weighted by atomic mass is 15.2. The maximum atomic E-state index is 3.64. The third kappa shape index (κ3) is 2.32. The molecule has 0 saturated carbocycles. The van der Waals surface area contributed by atoms with E-state index in [9.17, 15) is 0 Å². The third-order valence-electron chi connectivity index (χ3n) is 4.78. The zero-order valence-electron chi connectivity index (χ0n) is 11.4. The Morgan fingerprint density at radius 2 is 1.89 bits per heavy atom. The number of fused-ring (bicyclic) bond motifs is 1. The second kappa shape index (κ2) is 5.02. The van der Waals surface area contributed by atoms with Gasteiger partial charge in [0, 0.05) is 12.1 Å². The highest BCUT2D eigenvalue weighted by Crippen LogP contribution is 2.30. The van der Waals surface area contributed by atoms with E-state index in [4.69, 9.17) is 0 Å². The first-order chi connectivity index (χ1) is 8.81. The van der Waals surface area contributed by atoms with Crippen molar-refractivity contribution in [3.05, 3.63) is 35.4 Å². The molecule has 2 aliphatic rings. The fourth-order valence-corrected chi connectivity index (χ4v) is 3.60. The fraction of sp³-hybridized carbons (Fsp3) is 0.625. The molecular weight excluding hydrogens is 220 g/mol. The molecule has 3 rings (SSSR count). The molecule has 1 aromatic rings. The minimum Gasteiger partial charge on any atom is -0.313 e. The van der Waals surface area contributed by atoms with Crippen molar-refractivity contribution < 1.29 is 0 Å². The second-order valence-corrected chi connectivity index (χ2v) is 5.96. The standard InChI is InChI=1S/C16H24N2/c1-17-16(13-18-10-4-5-11-18)9-8-14-6-2-3-7-15(14)12-16/h2-3,6-7,17H,4-5,8-13H2,1H3/t16-/m1/s1. The predicted octanol–water partition coefficient (Wildman–Crippen LogP) is 2.23. The number of benzene rings is 1. The van der Waals surface area contributed by atoms with Crippen LogP contribution in [0.1, 0.15) is 30.4 Å². The molecule has 2 heteroatoms. The van der Waals surface area contributed by atoms with Crippen molar-refractivity contribution in [3.8, 4) is 0 Å². The molecule has 1 fully saturated rings. The van der Waals surface area contributed by atoms with E-state index in [1.54, 1.807) is 11.1 Å². The number of likely N-dealkylation sites (tertiary alicyclic amines) is 1. The molecule has 0 spiro atoms. The van der Waals surface area contributed by atoms with E-state index in [2.05, 4.69) is 41.5 Å². The van der Waals surface area contributed by atoms with Gasteiger partial charge in [-0.1, -0.05) is 24.3 Å². The quantitative estimate of drug-likeness (QED) is 0.877. The molecule has 1 aliphatic heterocycles. The van der Waals surface area contributed by atoms with Gasteiger partial charge >= 0.3 is 0 Å². The average Bonchev–Trinajstić information content (AvgIpc) is 2.91. The van der Waals surface area contributed by atoms with E-state index in [-0.39, 0.29) is 0 Å². The van der Waals surface area contributed by atoms with Crippen LogP contribution in [0.15, 0.2) is 24.3 Å².